The monoisotopic (exact) mass is 557 g/mol. The summed E-state index contributed by atoms with van der Waals surface area (Å²) < 4.78 is 0. The highest BCUT2D eigenvalue weighted by atomic mass is 35.5. The first-order chi connectivity index (χ1) is 18.2. The summed E-state index contributed by atoms with van der Waals surface area (Å²) in [5.74, 6) is 0.708. The summed E-state index contributed by atoms with van der Waals surface area (Å²) in [6, 6.07) is 7.40. The van der Waals surface area contributed by atoms with E-state index in [1.807, 2.05) is 31.2 Å². The number of rotatable bonds is 7. The molecule has 0 spiro atoms. The van der Waals surface area contributed by atoms with Crippen molar-refractivity contribution in [2.24, 2.45) is 4.99 Å². The summed E-state index contributed by atoms with van der Waals surface area (Å²) in [5.41, 5.74) is 4.05. The van der Waals surface area contributed by atoms with Crippen LogP contribution in [0.1, 0.15) is 48.3 Å². The zero-order chi connectivity index (χ0) is 27.8. The van der Waals surface area contributed by atoms with Crippen molar-refractivity contribution >= 4 is 51.7 Å². The number of nitrogens with one attached hydrogen (secondary N) is 3. The molecule has 1 atom stereocenters. The number of piperazine rings is 1. The number of aryl methyl sites for hydroxylation is 1. The van der Waals surface area contributed by atoms with Crippen molar-refractivity contribution in [2.45, 2.75) is 46.6 Å². The molecule has 1 saturated heterocycles. The zero-order valence-corrected chi connectivity index (χ0v) is 24.7. The van der Waals surface area contributed by atoms with Crippen molar-refractivity contribution in [1.82, 2.24) is 15.1 Å². The van der Waals surface area contributed by atoms with E-state index in [2.05, 4.69) is 36.0 Å². The molecule has 4 rings (SSSR count). The van der Waals surface area contributed by atoms with Crippen LogP contribution in [0.5, 0.6) is 0 Å². The minimum Gasteiger partial charge on any atom is -0.359 e. The van der Waals surface area contributed by atoms with Crippen molar-refractivity contribution in [3.8, 4) is 0 Å². The van der Waals surface area contributed by atoms with Gasteiger partial charge in [0.05, 0.1) is 5.71 Å². The molecule has 1 aromatic carbocycles. The molecule has 1 amide bonds. The Morgan fingerprint density at radius 1 is 1.21 bits per heavy atom. The Bertz CT molecular complexity index is 1150. The predicted octanol–water partition coefficient (Wildman–Crippen LogP) is 4.80. The lowest BCUT2D eigenvalue weighted by molar-refractivity contribution is -0.109. The molecule has 1 fully saturated rings. The number of hydrogen-bond acceptors (Lipinski definition) is 7. The average molecular weight is 558 g/mol. The number of fused-ring (bicyclic) bond motifs is 1. The molecule has 2 aliphatic heterocycles. The van der Waals surface area contributed by atoms with Gasteiger partial charge in [0.2, 0.25) is 6.41 Å². The summed E-state index contributed by atoms with van der Waals surface area (Å²) in [5, 5.41) is 21.1. The molecule has 0 radical (unpaired) electrons. The van der Waals surface area contributed by atoms with Gasteiger partial charge in [-0.05, 0) is 64.9 Å². The van der Waals surface area contributed by atoms with Gasteiger partial charge in [0.25, 0.3) is 0 Å². The van der Waals surface area contributed by atoms with Crippen molar-refractivity contribution in [3.05, 3.63) is 50.9 Å². The SMILES string of the molecule is CCC1N=C(c2ccc(Cl)cc2)c2c(sc(C)c2C)N(C(C)=N)C1=N.CN1CCN(CCCNC=O)CC1. The first kappa shape index (κ1) is 30.0. The van der Waals surface area contributed by atoms with Crippen LogP contribution in [0.2, 0.25) is 5.02 Å². The molecular formula is C28H40ClN7OS. The zero-order valence-electron chi connectivity index (χ0n) is 23.1. The molecule has 0 saturated carbocycles. The molecule has 206 valence electrons. The molecular weight excluding hydrogens is 518 g/mol. The Morgan fingerprint density at radius 2 is 1.87 bits per heavy atom. The van der Waals surface area contributed by atoms with Gasteiger partial charge in [-0.2, -0.15) is 0 Å². The molecule has 10 heteroatoms. The smallest absolute Gasteiger partial charge is 0.207 e. The molecule has 2 aliphatic rings. The standard InChI is InChI=1S/C19H21ClN4S.C9H19N3O/c1-5-15-18(22)24(12(4)21)19-16(10(2)11(3)25-19)17(23-15)13-6-8-14(20)9-7-13;1-11-5-7-12(8-6-11)4-2-3-10-9-13/h6-9,15,21-22H,5H2,1-4H3;9H,2-8H2,1H3,(H,10,13). The van der Waals surface area contributed by atoms with E-state index >= 15 is 0 Å². The first-order valence-corrected chi connectivity index (χ1v) is 14.3. The molecule has 2 aromatic rings. The number of halogens is 1. The van der Waals surface area contributed by atoms with Crippen LogP contribution in [0, 0.1) is 24.7 Å². The average Bonchev–Trinajstić information content (AvgIpc) is 3.10. The Balaban J connectivity index is 0.000000260. The van der Waals surface area contributed by atoms with Crippen LogP contribution in [0.15, 0.2) is 29.3 Å². The van der Waals surface area contributed by atoms with Gasteiger partial charge in [-0.25, -0.2) is 0 Å². The normalized spacial score (nSPS) is 18.2. The van der Waals surface area contributed by atoms with E-state index in [1.54, 1.807) is 23.2 Å². The van der Waals surface area contributed by atoms with Gasteiger partial charge in [0, 0.05) is 53.8 Å². The minimum absolute atomic E-state index is 0.273. The number of carbonyl (C=O) groups is 1. The van der Waals surface area contributed by atoms with Crippen molar-refractivity contribution in [1.29, 1.82) is 10.8 Å². The highest BCUT2D eigenvalue weighted by molar-refractivity contribution is 7.17. The number of aliphatic imine (C=N–C) groups is 1. The Hall–Kier alpha value is -2.59. The van der Waals surface area contributed by atoms with Gasteiger partial charge in [0.15, 0.2) is 0 Å². The Morgan fingerprint density at radius 3 is 2.45 bits per heavy atom. The molecule has 0 aliphatic carbocycles. The van der Waals surface area contributed by atoms with Crippen molar-refractivity contribution in [2.75, 3.05) is 51.2 Å². The number of thiophene rings is 1. The van der Waals surface area contributed by atoms with E-state index in [0.29, 0.717) is 23.1 Å². The van der Waals surface area contributed by atoms with E-state index in [1.165, 1.54) is 18.0 Å². The molecule has 1 unspecified atom stereocenters. The van der Waals surface area contributed by atoms with Gasteiger partial charge in [-0.15, -0.1) is 11.3 Å². The van der Waals surface area contributed by atoms with Gasteiger partial charge in [-0.3, -0.25) is 25.5 Å². The van der Waals surface area contributed by atoms with Crippen LogP contribution in [0.4, 0.5) is 5.00 Å². The van der Waals surface area contributed by atoms with E-state index in [4.69, 9.17) is 27.4 Å². The number of amidine groups is 2. The fraction of sp³-hybridized carbons (Fsp3) is 0.500. The van der Waals surface area contributed by atoms with E-state index in [9.17, 15) is 4.79 Å². The first-order valence-electron chi connectivity index (χ1n) is 13.1. The third kappa shape index (κ3) is 7.28. The Kier molecular flexibility index (Phi) is 11.0. The maximum Gasteiger partial charge on any atom is 0.207 e. The highest BCUT2D eigenvalue weighted by Gasteiger charge is 2.33. The molecule has 38 heavy (non-hydrogen) atoms. The topological polar surface area (TPSA) is 98.9 Å². The van der Waals surface area contributed by atoms with Gasteiger partial charge in [-0.1, -0.05) is 30.7 Å². The van der Waals surface area contributed by atoms with Gasteiger partial charge in [0.1, 0.15) is 22.7 Å². The second kappa shape index (κ2) is 14.0. The second-order valence-electron chi connectivity index (χ2n) is 9.75. The van der Waals surface area contributed by atoms with Crippen LogP contribution < -0.4 is 10.2 Å². The number of benzene rings is 1. The van der Waals surface area contributed by atoms with Crippen LogP contribution in [0.3, 0.4) is 0 Å². The highest BCUT2D eigenvalue weighted by Crippen LogP contribution is 2.40. The van der Waals surface area contributed by atoms with Crippen LogP contribution >= 0.6 is 22.9 Å². The van der Waals surface area contributed by atoms with Gasteiger partial charge < -0.3 is 15.1 Å². The van der Waals surface area contributed by atoms with Crippen LogP contribution in [-0.2, 0) is 4.79 Å². The molecule has 3 N–H and O–H groups in total. The fourth-order valence-corrected chi connectivity index (χ4v) is 5.91. The summed E-state index contributed by atoms with van der Waals surface area (Å²) >= 11 is 7.68. The maximum absolute atomic E-state index is 9.97. The molecule has 3 heterocycles. The summed E-state index contributed by atoms with van der Waals surface area (Å²) in [6.45, 7) is 14.5. The molecule has 8 nitrogen and oxygen atoms in total. The Labute approximate surface area is 235 Å². The summed E-state index contributed by atoms with van der Waals surface area (Å²) in [7, 11) is 2.16. The minimum atomic E-state index is -0.273. The quantitative estimate of drug-likeness (QED) is 0.197. The molecule has 0 bridgehead atoms. The predicted molar refractivity (Wildman–Crippen MR) is 161 cm³/mol. The number of likely N-dealkylation sites (N-methyl/N-ethyl adjacent to an activating group) is 1. The lowest BCUT2D eigenvalue weighted by atomic mass is 10.00. The summed E-state index contributed by atoms with van der Waals surface area (Å²) in [4.78, 5) is 22.6. The van der Waals surface area contributed by atoms with Crippen molar-refractivity contribution < 1.29 is 4.79 Å². The number of amides is 1. The summed E-state index contributed by atoms with van der Waals surface area (Å²) in [6.07, 6.45) is 2.54. The number of carbonyl (C=O) groups excluding carboxylic acids is 1. The number of hydrogen-bond donors (Lipinski definition) is 3. The lowest BCUT2D eigenvalue weighted by Gasteiger charge is -2.32. The number of nitrogens with zero attached hydrogens (tertiary/aromatic N) is 4. The van der Waals surface area contributed by atoms with E-state index in [-0.39, 0.29) is 6.04 Å². The van der Waals surface area contributed by atoms with E-state index in [0.717, 1.165) is 66.4 Å². The number of anilines is 1. The largest absolute Gasteiger partial charge is 0.359 e. The van der Waals surface area contributed by atoms with Crippen LogP contribution in [-0.4, -0.2) is 86.0 Å². The molecule has 1 aromatic heterocycles. The maximum atomic E-state index is 9.97. The third-order valence-corrected chi connectivity index (χ3v) is 8.41. The third-order valence-electron chi connectivity index (χ3n) is 6.96. The lowest BCUT2D eigenvalue weighted by Crippen LogP contribution is -2.45. The second-order valence-corrected chi connectivity index (χ2v) is 11.4. The van der Waals surface area contributed by atoms with E-state index < -0.39 is 0 Å². The van der Waals surface area contributed by atoms with Crippen molar-refractivity contribution in [3.63, 3.8) is 0 Å². The van der Waals surface area contributed by atoms with Crippen LogP contribution in [0.25, 0.3) is 0 Å². The fourth-order valence-electron chi connectivity index (χ4n) is 4.56. The van der Waals surface area contributed by atoms with Gasteiger partial charge >= 0.3 is 0 Å².